The molecular weight excluding hydrogens is 508 g/mol. The highest BCUT2D eigenvalue weighted by Gasteiger charge is 2.53. The van der Waals surface area contributed by atoms with E-state index in [9.17, 15) is 23.2 Å². The van der Waals surface area contributed by atoms with Gasteiger partial charge in [0, 0.05) is 72.1 Å². The molecule has 1 saturated heterocycles. The summed E-state index contributed by atoms with van der Waals surface area (Å²) in [6.45, 7) is 2.12. The van der Waals surface area contributed by atoms with Gasteiger partial charge in [0.2, 0.25) is 11.8 Å². The summed E-state index contributed by atoms with van der Waals surface area (Å²) in [6.07, 6.45) is 4.99. The molecule has 1 spiro atoms. The molecule has 0 saturated carbocycles. The van der Waals surface area contributed by atoms with Crippen molar-refractivity contribution in [1.82, 2.24) is 14.9 Å². The van der Waals surface area contributed by atoms with Crippen LogP contribution in [-0.2, 0) is 15.0 Å². The maximum absolute atomic E-state index is 13.3. The van der Waals surface area contributed by atoms with E-state index in [1.165, 1.54) is 37.5 Å². The monoisotopic (exact) mass is 527 g/mol. The number of hydrogen-bond donors (Lipinski definition) is 2. The van der Waals surface area contributed by atoms with Gasteiger partial charge in [0.05, 0.1) is 5.41 Å². The molecule has 1 aromatic heterocycles. The highest BCUT2D eigenvalue weighted by molar-refractivity contribution is 6.20. The van der Waals surface area contributed by atoms with Crippen molar-refractivity contribution in [3.05, 3.63) is 66.2 Å². The highest BCUT2D eigenvalue weighted by Crippen LogP contribution is 2.49. The van der Waals surface area contributed by atoms with Gasteiger partial charge in [0.15, 0.2) is 0 Å². The third-order valence-electron chi connectivity index (χ3n) is 6.49. The van der Waals surface area contributed by atoms with E-state index in [2.05, 4.69) is 25.3 Å². The number of likely N-dealkylation sites (tertiary alicyclic amines) is 1. The van der Waals surface area contributed by atoms with Gasteiger partial charge in [-0.1, -0.05) is 0 Å². The van der Waals surface area contributed by atoms with Crippen LogP contribution in [0, 0.1) is 0 Å². The number of aromatic nitrogens is 2. The van der Waals surface area contributed by atoms with Crippen LogP contribution in [0.3, 0.4) is 0 Å². The first-order valence-electron chi connectivity index (χ1n) is 11.2. The maximum atomic E-state index is 13.3. The Balaban J connectivity index is 1.51. The van der Waals surface area contributed by atoms with Gasteiger partial charge in [-0.3, -0.25) is 14.4 Å². The largest absolute Gasteiger partial charge is 0.487 e. The Morgan fingerprint density at radius 2 is 1.89 bits per heavy atom. The molecule has 2 aliphatic rings. The Bertz CT molecular complexity index is 1400. The zero-order valence-electron chi connectivity index (χ0n) is 19.4. The number of alkyl halides is 3. The predicted molar refractivity (Wildman–Crippen MR) is 130 cm³/mol. The van der Waals surface area contributed by atoms with Crippen molar-refractivity contribution in [1.29, 1.82) is 0 Å². The van der Waals surface area contributed by atoms with Gasteiger partial charge in [-0.2, -0.15) is 0 Å². The summed E-state index contributed by atoms with van der Waals surface area (Å²) in [6, 6.07) is 8.49. The smallest absolute Gasteiger partial charge is 0.420 e. The van der Waals surface area contributed by atoms with Crippen molar-refractivity contribution in [2.45, 2.75) is 24.3 Å². The number of carbonyl (C=O) groups is 3. The first-order valence-corrected chi connectivity index (χ1v) is 11.6. The van der Waals surface area contributed by atoms with Crippen LogP contribution in [0.25, 0.3) is 11.1 Å². The Morgan fingerprint density at radius 1 is 1.19 bits per heavy atom. The fourth-order valence-electron chi connectivity index (χ4n) is 4.82. The van der Waals surface area contributed by atoms with Crippen molar-refractivity contribution in [3.63, 3.8) is 0 Å². The van der Waals surface area contributed by atoms with Gasteiger partial charge in [0.1, 0.15) is 12.1 Å². The number of ether oxygens (including phenoxy) is 1. The molecule has 1 atom stereocenters. The third kappa shape index (κ3) is 4.69. The Hall–Kier alpha value is -4.12. The zero-order chi connectivity index (χ0) is 26.4. The molecule has 3 aromatic rings. The van der Waals surface area contributed by atoms with Gasteiger partial charge in [-0.15, -0.1) is 8.78 Å². The molecule has 3 heterocycles. The molecule has 2 aromatic carbocycles. The molecule has 12 heteroatoms. The number of amides is 3. The average Bonchev–Trinajstić information content (AvgIpc) is 3.42. The van der Waals surface area contributed by atoms with Crippen LogP contribution < -0.4 is 15.4 Å². The number of anilines is 2. The molecule has 0 radical (unpaired) electrons. The van der Waals surface area contributed by atoms with E-state index in [0.717, 1.165) is 0 Å². The lowest BCUT2D eigenvalue weighted by Gasteiger charge is -2.24. The standard InChI is InChI=1S/C25H20ClF2N5O4/c1-14(34)33-7-6-24(12-33)21-19(16-10-29-13-30-11-16)8-15(9-20(21)32-23(24)36)22(35)31-17-2-4-18(5-3-17)37-25(26,27)28/h2-5,8-11,13H,6-7,12H2,1H3,(H,31,35)(H,32,36). The van der Waals surface area contributed by atoms with Crippen molar-refractivity contribution in [2.75, 3.05) is 23.7 Å². The summed E-state index contributed by atoms with van der Waals surface area (Å²) in [5.74, 6) is -1.03. The lowest BCUT2D eigenvalue weighted by Crippen LogP contribution is -2.39. The molecule has 3 amide bonds. The lowest BCUT2D eigenvalue weighted by atomic mass is 9.77. The summed E-state index contributed by atoms with van der Waals surface area (Å²) in [4.78, 5) is 48.3. The van der Waals surface area contributed by atoms with Crippen LogP contribution in [-0.4, -0.2) is 51.2 Å². The molecule has 5 rings (SSSR count). The minimum absolute atomic E-state index is 0.120. The second kappa shape index (κ2) is 9.07. The number of nitrogens with zero attached hydrogens (tertiary/aromatic N) is 3. The molecule has 0 aliphatic carbocycles. The van der Waals surface area contributed by atoms with E-state index in [1.54, 1.807) is 29.4 Å². The average molecular weight is 528 g/mol. The fraction of sp³-hybridized carbons (Fsp3) is 0.240. The third-order valence-corrected chi connectivity index (χ3v) is 6.57. The Labute approximate surface area is 214 Å². The van der Waals surface area contributed by atoms with E-state index in [1.807, 2.05) is 0 Å². The van der Waals surface area contributed by atoms with Crippen molar-refractivity contribution < 1.29 is 27.9 Å². The van der Waals surface area contributed by atoms with E-state index < -0.39 is 16.9 Å². The van der Waals surface area contributed by atoms with Crippen molar-refractivity contribution in [3.8, 4) is 16.9 Å². The summed E-state index contributed by atoms with van der Waals surface area (Å²) >= 11 is 4.78. The van der Waals surface area contributed by atoms with Crippen LogP contribution >= 0.6 is 11.6 Å². The molecule has 2 N–H and O–H groups in total. The summed E-state index contributed by atoms with van der Waals surface area (Å²) < 4.78 is 30.0. The second-order valence-electron chi connectivity index (χ2n) is 8.83. The second-order valence-corrected chi connectivity index (χ2v) is 9.27. The van der Waals surface area contributed by atoms with Crippen LogP contribution in [0.2, 0.25) is 0 Å². The van der Waals surface area contributed by atoms with Gasteiger partial charge in [-0.25, -0.2) is 9.97 Å². The molecule has 0 bridgehead atoms. The zero-order valence-corrected chi connectivity index (χ0v) is 20.2. The van der Waals surface area contributed by atoms with E-state index in [0.29, 0.717) is 41.0 Å². The minimum Gasteiger partial charge on any atom is -0.420 e. The lowest BCUT2D eigenvalue weighted by molar-refractivity contribution is -0.128. The quantitative estimate of drug-likeness (QED) is 0.485. The Kier molecular flexibility index (Phi) is 6.03. The fourth-order valence-corrected chi connectivity index (χ4v) is 4.91. The SMILES string of the molecule is CC(=O)N1CCC2(C1)C(=O)Nc1cc(C(=O)Nc3ccc(OC(F)(F)Cl)cc3)cc(-c3cncnc3)c12. The molecule has 37 heavy (non-hydrogen) atoms. The summed E-state index contributed by atoms with van der Waals surface area (Å²) in [7, 11) is 0. The van der Waals surface area contributed by atoms with Crippen LogP contribution in [0.4, 0.5) is 20.2 Å². The number of fused-ring (bicyclic) bond motifs is 2. The number of benzene rings is 2. The minimum atomic E-state index is -3.85. The van der Waals surface area contributed by atoms with E-state index >= 15 is 0 Å². The maximum Gasteiger partial charge on any atom is 0.487 e. The number of hydrogen-bond acceptors (Lipinski definition) is 6. The van der Waals surface area contributed by atoms with Gasteiger partial charge >= 0.3 is 5.57 Å². The first kappa shape index (κ1) is 24.6. The highest BCUT2D eigenvalue weighted by atomic mass is 35.5. The Morgan fingerprint density at radius 3 is 2.51 bits per heavy atom. The number of nitrogens with one attached hydrogen (secondary N) is 2. The van der Waals surface area contributed by atoms with E-state index in [-0.39, 0.29) is 29.7 Å². The van der Waals surface area contributed by atoms with Gasteiger partial charge in [-0.05, 0) is 48.4 Å². The van der Waals surface area contributed by atoms with Crippen LogP contribution in [0.5, 0.6) is 5.75 Å². The molecule has 190 valence electrons. The van der Waals surface area contributed by atoms with Crippen molar-refractivity contribution >= 4 is 40.7 Å². The predicted octanol–water partition coefficient (Wildman–Crippen LogP) is 4.01. The van der Waals surface area contributed by atoms with Crippen LogP contribution in [0.15, 0.2) is 55.1 Å². The summed E-state index contributed by atoms with van der Waals surface area (Å²) in [5, 5.41) is 5.59. The molecule has 2 aliphatic heterocycles. The first-order chi connectivity index (χ1) is 17.6. The molecule has 1 fully saturated rings. The number of rotatable bonds is 5. The molecular formula is C25H20ClF2N5O4. The van der Waals surface area contributed by atoms with E-state index in [4.69, 9.17) is 11.6 Å². The topological polar surface area (TPSA) is 114 Å². The van der Waals surface area contributed by atoms with Crippen LogP contribution in [0.1, 0.15) is 29.3 Å². The summed E-state index contributed by atoms with van der Waals surface area (Å²) in [5.41, 5.74) is -1.88. The number of carbonyl (C=O) groups excluding carboxylic acids is 3. The van der Waals surface area contributed by atoms with Gasteiger partial charge in [0.25, 0.3) is 5.91 Å². The molecule has 9 nitrogen and oxygen atoms in total. The normalized spacial score (nSPS) is 18.5. The number of halogens is 3. The van der Waals surface area contributed by atoms with Gasteiger partial charge < -0.3 is 20.3 Å². The molecule has 1 unspecified atom stereocenters. The van der Waals surface area contributed by atoms with Crippen molar-refractivity contribution in [2.24, 2.45) is 0 Å².